The number of hydrogen-bond acceptors (Lipinski definition) is 5. The zero-order valence-electron chi connectivity index (χ0n) is 14.4. The lowest BCUT2D eigenvalue weighted by atomic mass is 10.0. The number of aliphatic hydroxyl groups excluding tert-OH is 1. The Bertz CT molecular complexity index is 756. The first-order valence-corrected chi connectivity index (χ1v) is 8.29. The molecule has 2 aromatic rings. The summed E-state index contributed by atoms with van der Waals surface area (Å²) in [6.45, 7) is 3.48. The van der Waals surface area contributed by atoms with Crippen molar-refractivity contribution in [2.75, 3.05) is 6.54 Å². The van der Waals surface area contributed by atoms with Crippen LogP contribution in [0.1, 0.15) is 41.5 Å². The van der Waals surface area contributed by atoms with Crippen molar-refractivity contribution in [1.29, 1.82) is 5.26 Å². The number of aryl methyl sites for hydroxylation is 1. The summed E-state index contributed by atoms with van der Waals surface area (Å²) in [5.41, 5.74) is 2.90. The van der Waals surface area contributed by atoms with E-state index >= 15 is 0 Å². The Kier molecular flexibility index (Phi) is 4.69. The minimum absolute atomic E-state index is 0.214. The lowest BCUT2D eigenvalue weighted by molar-refractivity contribution is 0.131. The molecule has 3 atom stereocenters. The van der Waals surface area contributed by atoms with Crippen molar-refractivity contribution >= 4 is 0 Å². The third-order valence-corrected chi connectivity index (χ3v) is 5.25. The van der Waals surface area contributed by atoms with Gasteiger partial charge in [-0.1, -0.05) is 0 Å². The summed E-state index contributed by atoms with van der Waals surface area (Å²) in [5.74, 6) is 1.43. The average molecular weight is 328 g/mol. The van der Waals surface area contributed by atoms with Gasteiger partial charge in [0.1, 0.15) is 23.9 Å². The first kappa shape index (κ1) is 16.7. The van der Waals surface area contributed by atoms with Crippen LogP contribution >= 0.6 is 0 Å². The van der Waals surface area contributed by atoms with Crippen LogP contribution in [0.2, 0.25) is 0 Å². The Balaban J connectivity index is 1.56. The van der Waals surface area contributed by atoms with Crippen LogP contribution in [-0.2, 0) is 20.6 Å². The number of rotatable bonds is 5. The summed E-state index contributed by atoms with van der Waals surface area (Å²) >= 11 is 0. The van der Waals surface area contributed by atoms with E-state index < -0.39 is 0 Å². The highest BCUT2D eigenvalue weighted by atomic mass is 16.3. The molecule has 1 saturated carbocycles. The molecule has 2 N–H and O–H groups in total. The molecule has 0 aromatic carbocycles. The fourth-order valence-electron chi connectivity index (χ4n) is 3.64. The topological polar surface area (TPSA) is 91.7 Å². The lowest BCUT2D eigenvalue weighted by Gasteiger charge is -2.15. The summed E-state index contributed by atoms with van der Waals surface area (Å²) in [6, 6.07) is 4.13. The third-order valence-electron chi connectivity index (χ3n) is 5.25. The first-order valence-electron chi connectivity index (χ1n) is 8.29. The molecule has 7 nitrogen and oxygen atoms in total. The van der Waals surface area contributed by atoms with Gasteiger partial charge in [-0.2, -0.15) is 5.26 Å². The predicted molar refractivity (Wildman–Crippen MR) is 89.0 cm³/mol. The van der Waals surface area contributed by atoms with Crippen molar-refractivity contribution in [2.45, 2.75) is 38.3 Å². The highest BCUT2D eigenvalue weighted by molar-refractivity contribution is 5.34. The molecule has 0 unspecified atom stereocenters. The van der Waals surface area contributed by atoms with Gasteiger partial charge in [-0.05, 0) is 37.3 Å². The summed E-state index contributed by atoms with van der Waals surface area (Å²) < 4.78 is 3.84. The predicted octanol–water partition coefficient (Wildman–Crippen LogP) is 0.978. The number of aliphatic hydroxyl groups is 1. The quantitative estimate of drug-likeness (QED) is 0.853. The Morgan fingerprint density at radius 2 is 2.21 bits per heavy atom. The Morgan fingerprint density at radius 3 is 2.83 bits per heavy atom. The highest BCUT2D eigenvalue weighted by Gasteiger charge is 2.35. The van der Waals surface area contributed by atoms with Crippen molar-refractivity contribution < 1.29 is 5.11 Å². The molecule has 128 valence electrons. The smallest absolute Gasteiger partial charge is 0.135 e. The van der Waals surface area contributed by atoms with Gasteiger partial charge >= 0.3 is 0 Å². The van der Waals surface area contributed by atoms with Crippen LogP contribution in [-0.4, -0.2) is 37.1 Å². The standard InChI is InChI=1S/C17H24N6O/c1-11-13(5-15(7-18)23(11)3)8-19-9-14-4-12(6-16(14)24)17-21-20-10-22(17)2/h5,10,12,14,16,19,24H,4,6,8-9H2,1-3H3/t12-,14+,16+/m0/s1. The first-order chi connectivity index (χ1) is 11.5. The van der Waals surface area contributed by atoms with Gasteiger partial charge in [0.25, 0.3) is 0 Å². The van der Waals surface area contributed by atoms with Crippen LogP contribution < -0.4 is 5.32 Å². The molecule has 2 aromatic heterocycles. The monoisotopic (exact) mass is 328 g/mol. The number of hydrogen-bond donors (Lipinski definition) is 2. The van der Waals surface area contributed by atoms with E-state index in [-0.39, 0.29) is 17.9 Å². The third kappa shape index (κ3) is 3.07. The Labute approximate surface area is 141 Å². The zero-order valence-corrected chi connectivity index (χ0v) is 14.4. The molecule has 1 aliphatic carbocycles. The molecule has 3 rings (SSSR count). The summed E-state index contributed by atoms with van der Waals surface area (Å²) in [6.07, 6.45) is 3.04. The van der Waals surface area contributed by atoms with Gasteiger partial charge in [-0.15, -0.1) is 10.2 Å². The van der Waals surface area contributed by atoms with Crippen LogP contribution in [0.3, 0.4) is 0 Å². The number of aromatic nitrogens is 4. The average Bonchev–Trinajstić information content (AvgIpc) is 3.21. The number of nitrogens with zero attached hydrogens (tertiary/aromatic N) is 5. The molecule has 0 radical (unpaired) electrons. The van der Waals surface area contributed by atoms with E-state index in [2.05, 4.69) is 21.6 Å². The van der Waals surface area contributed by atoms with E-state index in [0.717, 1.165) is 36.5 Å². The molecule has 2 heterocycles. The van der Waals surface area contributed by atoms with E-state index in [1.54, 1.807) is 6.33 Å². The van der Waals surface area contributed by atoms with E-state index in [1.165, 1.54) is 0 Å². The molecular formula is C17H24N6O. The maximum atomic E-state index is 10.3. The van der Waals surface area contributed by atoms with E-state index in [9.17, 15) is 5.11 Å². The van der Waals surface area contributed by atoms with Gasteiger partial charge in [0.2, 0.25) is 0 Å². The largest absolute Gasteiger partial charge is 0.393 e. The van der Waals surface area contributed by atoms with Crippen LogP contribution in [0.15, 0.2) is 12.4 Å². The van der Waals surface area contributed by atoms with E-state index in [0.29, 0.717) is 12.2 Å². The van der Waals surface area contributed by atoms with Gasteiger partial charge in [0.15, 0.2) is 0 Å². The minimum atomic E-state index is -0.314. The second-order valence-electron chi connectivity index (χ2n) is 6.74. The van der Waals surface area contributed by atoms with E-state index in [4.69, 9.17) is 5.26 Å². The minimum Gasteiger partial charge on any atom is -0.393 e. The van der Waals surface area contributed by atoms with Crippen molar-refractivity contribution in [2.24, 2.45) is 20.0 Å². The molecule has 24 heavy (non-hydrogen) atoms. The van der Waals surface area contributed by atoms with Gasteiger partial charge in [0, 0.05) is 38.8 Å². The number of nitriles is 1. The molecule has 1 aliphatic rings. The number of nitrogens with one attached hydrogen (secondary N) is 1. The molecule has 0 aliphatic heterocycles. The van der Waals surface area contributed by atoms with Crippen LogP contribution in [0.25, 0.3) is 0 Å². The highest BCUT2D eigenvalue weighted by Crippen LogP contribution is 2.37. The zero-order chi connectivity index (χ0) is 17.3. The molecule has 1 fully saturated rings. The Hall–Kier alpha value is -2.17. The Morgan fingerprint density at radius 1 is 1.42 bits per heavy atom. The van der Waals surface area contributed by atoms with Gasteiger partial charge < -0.3 is 19.6 Å². The van der Waals surface area contributed by atoms with Gasteiger partial charge in [-0.3, -0.25) is 0 Å². The van der Waals surface area contributed by atoms with Crippen molar-refractivity contribution in [1.82, 2.24) is 24.6 Å². The van der Waals surface area contributed by atoms with Crippen LogP contribution in [0.5, 0.6) is 0 Å². The summed E-state index contributed by atoms with van der Waals surface area (Å²) in [7, 11) is 3.85. The van der Waals surface area contributed by atoms with Crippen LogP contribution in [0.4, 0.5) is 0 Å². The molecule has 0 saturated heterocycles. The summed E-state index contributed by atoms with van der Waals surface area (Å²) in [5, 5.41) is 31.0. The normalized spacial score (nSPS) is 23.5. The molecular weight excluding hydrogens is 304 g/mol. The molecule has 0 bridgehead atoms. The fraction of sp³-hybridized carbons (Fsp3) is 0.588. The molecule has 7 heteroatoms. The van der Waals surface area contributed by atoms with Crippen molar-refractivity contribution in [3.63, 3.8) is 0 Å². The van der Waals surface area contributed by atoms with E-state index in [1.807, 2.05) is 36.2 Å². The molecule has 0 amide bonds. The fourth-order valence-corrected chi connectivity index (χ4v) is 3.64. The molecule has 0 spiro atoms. The van der Waals surface area contributed by atoms with Crippen LogP contribution in [0, 0.1) is 24.2 Å². The second kappa shape index (κ2) is 6.75. The lowest BCUT2D eigenvalue weighted by Crippen LogP contribution is -2.27. The van der Waals surface area contributed by atoms with Gasteiger partial charge in [0.05, 0.1) is 6.10 Å². The summed E-state index contributed by atoms with van der Waals surface area (Å²) in [4.78, 5) is 0. The van der Waals surface area contributed by atoms with Crippen molar-refractivity contribution in [3.8, 4) is 6.07 Å². The SMILES string of the molecule is Cc1c(CNC[C@H]2C[C@H](c3nncn3C)C[C@H]2O)cc(C#N)n1C. The van der Waals surface area contributed by atoms with Crippen molar-refractivity contribution in [3.05, 3.63) is 35.2 Å². The second-order valence-corrected chi connectivity index (χ2v) is 6.74. The maximum absolute atomic E-state index is 10.3. The maximum Gasteiger partial charge on any atom is 0.135 e. The van der Waals surface area contributed by atoms with Gasteiger partial charge in [-0.25, -0.2) is 0 Å².